The summed E-state index contributed by atoms with van der Waals surface area (Å²) in [6, 6.07) is 7.04. The maximum absolute atomic E-state index is 13.4. The molecule has 9 nitrogen and oxygen atoms in total. The molecule has 0 spiro atoms. The number of nitrogens with zero attached hydrogens (tertiary/aromatic N) is 1. The number of fused-ring (bicyclic) bond motifs is 1. The molecule has 1 fully saturated rings. The van der Waals surface area contributed by atoms with Gasteiger partial charge in [0.05, 0.1) is 11.6 Å². The summed E-state index contributed by atoms with van der Waals surface area (Å²) in [5.41, 5.74) is 0.742. The molecule has 1 aromatic carbocycles. The quantitative estimate of drug-likeness (QED) is 0.457. The normalized spacial score (nSPS) is 21.9. The maximum atomic E-state index is 13.4. The van der Waals surface area contributed by atoms with Crippen molar-refractivity contribution in [2.75, 3.05) is 32.8 Å². The molecule has 1 aromatic heterocycles. The van der Waals surface area contributed by atoms with E-state index >= 15 is 0 Å². The highest BCUT2D eigenvalue weighted by atomic mass is 16.7. The van der Waals surface area contributed by atoms with E-state index in [1.54, 1.807) is 30.3 Å². The molecule has 9 heteroatoms. The number of aliphatic hydroxyl groups is 1. The summed E-state index contributed by atoms with van der Waals surface area (Å²) in [5.74, 6) is -0.943. The first-order chi connectivity index (χ1) is 17.5. The smallest absolute Gasteiger partial charge is 0.286 e. The standard InChI is InChI=1S/C27H34N2O7/c1-2-34-27-18(9-6-15-30)20(21-17-35-22-10-4-3-8-19(22)25(21)32)16-23(36-27)26(33)28-12-7-14-29-13-5-11-24(29)31/h3-4,8,10,16-18,20,27,30H,2,5-7,9,11-15H2,1H3,(H,28,33)/t18?,20-,27?/m1/s1. The van der Waals surface area contributed by atoms with Crippen molar-refractivity contribution in [3.05, 3.63) is 58.2 Å². The van der Waals surface area contributed by atoms with Crippen LogP contribution in [0.1, 0.15) is 50.5 Å². The van der Waals surface area contributed by atoms with Crippen molar-refractivity contribution in [2.45, 2.75) is 51.2 Å². The van der Waals surface area contributed by atoms with E-state index < -0.39 is 18.1 Å². The minimum absolute atomic E-state index is 0.00896. The molecular weight excluding hydrogens is 464 g/mol. The molecule has 2 aromatic rings. The maximum Gasteiger partial charge on any atom is 0.286 e. The van der Waals surface area contributed by atoms with Crippen molar-refractivity contribution in [3.63, 3.8) is 0 Å². The van der Waals surface area contributed by atoms with Crippen molar-refractivity contribution in [1.82, 2.24) is 10.2 Å². The zero-order chi connectivity index (χ0) is 25.5. The average Bonchev–Trinajstić information content (AvgIpc) is 3.30. The molecule has 4 rings (SSSR count). The molecule has 194 valence electrons. The second-order valence-corrected chi connectivity index (χ2v) is 9.14. The molecule has 0 radical (unpaired) electrons. The van der Waals surface area contributed by atoms with Crippen molar-refractivity contribution in [3.8, 4) is 0 Å². The van der Waals surface area contributed by atoms with Crippen LogP contribution in [0.25, 0.3) is 11.0 Å². The van der Waals surface area contributed by atoms with Gasteiger partial charge in [-0.05, 0) is 50.8 Å². The molecule has 1 saturated heterocycles. The van der Waals surface area contributed by atoms with E-state index in [-0.39, 0.29) is 29.6 Å². The van der Waals surface area contributed by atoms with Gasteiger partial charge < -0.3 is 29.2 Å². The minimum Gasteiger partial charge on any atom is -0.464 e. The van der Waals surface area contributed by atoms with Gasteiger partial charge in [-0.15, -0.1) is 0 Å². The summed E-state index contributed by atoms with van der Waals surface area (Å²) in [6.07, 6.45) is 5.50. The SMILES string of the molecule is CCOC1OC(C(=O)NCCCN2CCCC2=O)=C[C@@H](c2coc3ccccc3c2=O)C1CCCO. The number of para-hydroxylation sites is 1. The predicted octanol–water partition coefficient (Wildman–Crippen LogP) is 2.67. The number of aliphatic hydroxyl groups excluding tert-OH is 1. The molecule has 36 heavy (non-hydrogen) atoms. The van der Waals surface area contributed by atoms with Gasteiger partial charge in [0.15, 0.2) is 11.2 Å². The molecular formula is C27H34N2O7. The number of hydrogen-bond donors (Lipinski definition) is 2. The third kappa shape index (κ3) is 5.79. The fraction of sp³-hybridized carbons (Fsp3) is 0.519. The number of hydrogen-bond acceptors (Lipinski definition) is 7. The fourth-order valence-corrected chi connectivity index (χ4v) is 4.94. The number of rotatable bonds is 11. The van der Waals surface area contributed by atoms with Crippen LogP contribution in [0.4, 0.5) is 0 Å². The third-order valence-electron chi connectivity index (χ3n) is 6.76. The fourth-order valence-electron chi connectivity index (χ4n) is 4.94. The van der Waals surface area contributed by atoms with Crippen LogP contribution in [0.5, 0.6) is 0 Å². The van der Waals surface area contributed by atoms with Crippen molar-refractivity contribution >= 4 is 22.8 Å². The van der Waals surface area contributed by atoms with Crippen LogP contribution in [0, 0.1) is 5.92 Å². The molecule has 2 amide bonds. The molecule has 3 heterocycles. The Balaban J connectivity index is 1.57. The number of amides is 2. The first-order valence-electron chi connectivity index (χ1n) is 12.7. The number of carbonyl (C=O) groups is 2. The van der Waals surface area contributed by atoms with Crippen LogP contribution in [0.15, 0.2) is 51.6 Å². The Morgan fingerprint density at radius 1 is 1.25 bits per heavy atom. The second kappa shape index (κ2) is 12.2. The van der Waals surface area contributed by atoms with E-state index in [9.17, 15) is 19.5 Å². The lowest BCUT2D eigenvalue weighted by atomic mass is 9.81. The molecule has 0 saturated carbocycles. The Morgan fingerprint density at radius 2 is 2.08 bits per heavy atom. The Morgan fingerprint density at radius 3 is 2.83 bits per heavy atom. The van der Waals surface area contributed by atoms with Gasteiger partial charge in [0.25, 0.3) is 5.91 Å². The average molecular weight is 499 g/mol. The number of benzene rings is 1. The van der Waals surface area contributed by atoms with Crippen LogP contribution in [-0.2, 0) is 19.1 Å². The van der Waals surface area contributed by atoms with Gasteiger partial charge >= 0.3 is 0 Å². The van der Waals surface area contributed by atoms with Gasteiger partial charge in [-0.1, -0.05) is 12.1 Å². The highest BCUT2D eigenvalue weighted by molar-refractivity contribution is 5.91. The van der Waals surface area contributed by atoms with Gasteiger partial charge in [-0.2, -0.15) is 0 Å². The summed E-state index contributed by atoms with van der Waals surface area (Å²) in [7, 11) is 0. The van der Waals surface area contributed by atoms with Crippen LogP contribution in [0.2, 0.25) is 0 Å². The minimum atomic E-state index is -0.759. The van der Waals surface area contributed by atoms with E-state index in [1.165, 1.54) is 6.26 Å². The number of nitrogens with one attached hydrogen (secondary N) is 1. The lowest BCUT2D eigenvalue weighted by Crippen LogP contribution is -2.40. The van der Waals surface area contributed by atoms with Crippen molar-refractivity contribution in [2.24, 2.45) is 5.92 Å². The Bertz CT molecular complexity index is 1160. The van der Waals surface area contributed by atoms with Crippen molar-refractivity contribution in [1.29, 1.82) is 0 Å². The van der Waals surface area contributed by atoms with Gasteiger partial charge in [0.1, 0.15) is 5.58 Å². The number of carbonyl (C=O) groups excluding carboxylic acids is 2. The van der Waals surface area contributed by atoms with E-state index in [1.807, 2.05) is 11.8 Å². The molecule has 0 bridgehead atoms. The Kier molecular flexibility index (Phi) is 8.77. The first kappa shape index (κ1) is 25.9. The van der Waals surface area contributed by atoms with Gasteiger partial charge in [0.2, 0.25) is 12.2 Å². The Hall–Kier alpha value is -3.17. The summed E-state index contributed by atoms with van der Waals surface area (Å²) in [4.78, 5) is 40.0. The van der Waals surface area contributed by atoms with Crippen LogP contribution in [0.3, 0.4) is 0 Å². The van der Waals surface area contributed by atoms with Gasteiger partial charge in [0, 0.05) is 56.7 Å². The molecule has 2 aliphatic rings. The van der Waals surface area contributed by atoms with Crippen LogP contribution < -0.4 is 10.7 Å². The van der Waals surface area contributed by atoms with Gasteiger partial charge in [-0.3, -0.25) is 14.4 Å². The molecule has 2 unspecified atom stereocenters. The van der Waals surface area contributed by atoms with E-state index in [2.05, 4.69) is 5.32 Å². The zero-order valence-electron chi connectivity index (χ0n) is 20.6. The molecule has 0 aliphatic carbocycles. The second-order valence-electron chi connectivity index (χ2n) is 9.14. The monoisotopic (exact) mass is 498 g/mol. The number of allylic oxidation sites excluding steroid dienone is 1. The molecule has 2 N–H and O–H groups in total. The molecule has 3 atom stereocenters. The third-order valence-corrected chi connectivity index (χ3v) is 6.76. The number of likely N-dealkylation sites (tertiary alicyclic amines) is 1. The topological polar surface area (TPSA) is 118 Å². The van der Waals surface area contributed by atoms with Crippen molar-refractivity contribution < 1.29 is 28.6 Å². The van der Waals surface area contributed by atoms with E-state index in [0.717, 1.165) is 13.0 Å². The van der Waals surface area contributed by atoms with E-state index in [4.69, 9.17) is 13.9 Å². The summed E-state index contributed by atoms with van der Waals surface area (Å²) < 4.78 is 17.6. The summed E-state index contributed by atoms with van der Waals surface area (Å²) in [6.45, 7) is 3.94. The van der Waals surface area contributed by atoms with Crippen LogP contribution in [-0.4, -0.2) is 61.0 Å². The van der Waals surface area contributed by atoms with Crippen LogP contribution >= 0.6 is 0 Å². The lowest BCUT2D eigenvalue weighted by Gasteiger charge is -2.36. The van der Waals surface area contributed by atoms with Gasteiger partial charge in [-0.25, -0.2) is 0 Å². The Labute approximate surface area is 210 Å². The largest absolute Gasteiger partial charge is 0.464 e. The lowest BCUT2D eigenvalue weighted by molar-refractivity contribution is -0.166. The summed E-state index contributed by atoms with van der Waals surface area (Å²) >= 11 is 0. The van der Waals surface area contributed by atoms with E-state index in [0.29, 0.717) is 61.9 Å². The highest BCUT2D eigenvalue weighted by Gasteiger charge is 2.39. The first-order valence-corrected chi connectivity index (χ1v) is 12.7. The molecule has 2 aliphatic heterocycles. The predicted molar refractivity (Wildman–Crippen MR) is 133 cm³/mol. The zero-order valence-corrected chi connectivity index (χ0v) is 20.6. The number of ether oxygens (including phenoxy) is 2. The summed E-state index contributed by atoms with van der Waals surface area (Å²) in [5, 5.41) is 12.8. The highest BCUT2D eigenvalue weighted by Crippen LogP contribution is 2.38.